The van der Waals surface area contributed by atoms with Crippen LogP contribution in [0.2, 0.25) is 0 Å². The van der Waals surface area contributed by atoms with E-state index in [4.69, 9.17) is 4.74 Å². The van der Waals surface area contributed by atoms with Gasteiger partial charge >= 0.3 is 0 Å². The lowest BCUT2D eigenvalue weighted by atomic mass is 9.76. The quantitative estimate of drug-likeness (QED) is 0.857. The van der Waals surface area contributed by atoms with Gasteiger partial charge in [0.2, 0.25) is 5.91 Å². The molecule has 5 heteroatoms. The number of rotatable bonds is 4. The molecule has 1 saturated carbocycles. The summed E-state index contributed by atoms with van der Waals surface area (Å²) in [5, 5.41) is 10.3. The van der Waals surface area contributed by atoms with Crippen LogP contribution in [0.15, 0.2) is 6.20 Å². The number of aryl methyl sites for hydroxylation is 1. The highest BCUT2D eigenvalue weighted by Gasteiger charge is 2.40. The van der Waals surface area contributed by atoms with E-state index in [-0.39, 0.29) is 17.4 Å². The number of nitrogens with zero attached hydrogens (tertiary/aromatic N) is 1. The van der Waals surface area contributed by atoms with Crippen LogP contribution >= 0.6 is 0 Å². The van der Waals surface area contributed by atoms with Crippen LogP contribution in [0.4, 0.5) is 0 Å². The van der Waals surface area contributed by atoms with E-state index in [2.05, 4.69) is 15.5 Å². The number of aromatic nitrogens is 2. The van der Waals surface area contributed by atoms with Crippen molar-refractivity contribution in [2.45, 2.75) is 44.1 Å². The third-order valence-electron chi connectivity index (χ3n) is 4.51. The number of aromatic amines is 1. The predicted octanol–water partition coefficient (Wildman–Crippen LogP) is 1.20. The molecule has 104 valence electrons. The zero-order valence-electron chi connectivity index (χ0n) is 11.4. The summed E-state index contributed by atoms with van der Waals surface area (Å²) in [6.07, 6.45) is 7.74. The first-order chi connectivity index (χ1) is 9.22. The second-order valence-electron chi connectivity index (χ2n) is 5.87. The molecule has 0 saturated heterocycles. The average Bonchev–Trinajstić information content (AvgIpc) is 2.83. The number of H-pyrrole nitrogens is 1. The molecule has 1 aromatic rings. The Bertz CT molecular complexity index is 465. The highest BCUT2D eigenvalue weighted by atomic mass is 16.5. The minimum absolute atomic E-state index is 0.0828. The van der Waals surface area contributed by atoms with Crippen LogP contribution in [0.25, 0.3) is 0 Å². The summed E-state index contributed by atoms with van der Waals surface area (Å²) in [6, 6.07) is 0. The number of hydrogen-bond acceptors (Lipinski definition) is 3. The van der Waals surface area contributed by atoms with E-state index in [0.717, 1.165) is 32.1 Å². The molecule has 1 aromatic heterocycles. The van der Waals surface area contributed by atoms with Gasteiger partial charge in [-0.15, -0.1) is 0 Å². The van der Waals surface area contributed by atoms with Crippen LogP contribution in [-0.2, 0) is 22.4 Å². The highest BCUT2D eigenvalue weighted by molar-refractivity contribution is 5.80. The summed E-state index contributed by atoms with van der Waals surface area (Å²) in [5.41, 5.74) is 2.29. The first kappa shape index (κ1) is 12.7. The number of carbonyl (C=O) groups excluding carboxylic acids is 1. The van der Waals surface area contributed by atoms with Gasteiger partial charge in [0.25, 0.3) is 0 Å². The molecule has 2 N–H and O–H groups in total. The Kier molecular flexibility index (Phi) is 3.31. The molecular formula is C14H21N3O2. The molecule has 1 atom stereocenters. The molecule has 1 fully saturated rings. The topological polar surface area (TPSA) is 67.0 Å². The third-order valence-corrected chi connectivity index (χ3v) is 4.51. The fourth-order valence-corrected chi connectivity index (χ4v) is 3.19. The first-order valence-electron chi connectivity index (χ1n) is 7.04. The van der Waals surface area contributed by atoms with Crippen LogP contribution < -0.4 is 5.32 Å². The summed E-state index contributed by atoms with van der Waals surface area (Å²) >= 11 is 0. The summed E-state index contributed by atoms with van der Waals surface area (Å²) in [6.45, 7) is 0.627. The molecule has 1 unspecified atom stereocenters. The lowest BCUT2D eigenvalue weighted by Crippen LogP contribution is -2.58. The van der Waals surface area contributed by atoms with Crippen molar-refractivity contribution < 1.29 is 9.53 Å². The van der Waals surface area contributed by atoms with Crippen molar-refractivity contribution in [2.75, 3.05) is 13.7 Å². The number of methoxy groups -OCH3 is 1. The van der Waals surface area contributed by atoms with Crippen LogP contribution in [0.3, 0.4) is 0 Å². The molecule has 2 aliphatic carbocycles. The van der Waals surface area contributed by atoms with Crippen molar-refractivity contribution in [1.82, 2.24) is 15.5 Å². The van der Waals surface area contributed by atoms with E-state index < -0.39 is 0 Å². The van der Waals surface area contributed by atoms with Gasteiger partial charge < -0.3 is 10.1 Å². The molecule has 0 aromatic carbocycles. The van der Waals surface area contributed by atoms with E-state index in [0.29, 0.717) is 6.61 Å². The highest BCUT2D eigenvalue weighted by Crippen LogP contribution is 2.33. The number of amides is 1. The van der Waals surface area contributed by atoms with E-state index in [1.54, 1.807) is 7.11 Å². The van der Waals surface area contributed by atoms with Gasteiger partial charge in [-0.1, -0.05) is 0 Å². The Morgan fingerprint density at radius 1 is 1.63 bits per heavy atom. The van der Waals surface area contributed by atoms with Crippen LogP contribution in [0.5, 0.6) is 0 Å². The molecule has 0 spiro atoms. The van der Waals surface area contributed by atoms with Crippen molar-refractivity contribution in [3.05, 3.63) is 17.5 Å². The van der Waals surface area contributed by atoms with Crippen LogP contribution in [-0.4, -0.2) is 35.4 Å². The van der Waals surface area contributed by atoms with E-state index in [9.17, 15) is 4.79 Å². The maximum atomic E-state index is 12.4. The Balaban J connectivity index is 1.62. The Morgan fingerprint density at radius 3 is 3.16 bits per heavy atom. The van der Waals surface area contributed by atoms with Gasteiger partial charge in [-0.25, -0.2) is 0 Å². The van der Waals surface area contributed by atoms with Crippen molar-refractivity contribution in [3.8, 4) is 0 Å². The van der Waals surface area contributed by atoms with Gasteiger partial charge in [0.1, 0.15) is 0 Å². The van der Waals surface area contributed by atoms with Gasteiger partial charge in [0, 0.05) is 18.7 Å². The lowest BCUT2D eigenvalue weighted by molar-refractivity contribution is -0.129. The van der Waals surface area contributed by atoms with Crippen molar-refractivity contribution >= 4 is 5.91 Å². The maximum Gasteiger partial charge on any atom is 0.223 e. The van der Waals surface area contributed by atoms with E-state index in [1.165, 1.54) is 17.7 Å². The third kappa shape index (κ3) is 2.39. The molecular weight excluding hydrogens is 242 g/mol. The zero-order valence-corrected chi connectivity index (χ0v) is 11.4. The largest absolute Gasteiger partial charge is 0.382 e. The minimum atomic E-state index is -0.0947. The predicted molar refractivity (Wildman–Crippen MR) is 70.7 cm³/mol. The molecule has 2 aliphatic rings. The van der Waals surface area contributed by atoms with E-state index >= 15 is 0 Å². The number of nitrogens with one attached hydrogen (secondary N) is 2. The van der Waals surface area contributed by atoms with Crippen molar-refractivity contribution in [3.63, 3.8) is 0 Å². The summed E-state index contributed by atoms with van der Waals surface area (Å²) in [7, 11) is 1.70. The van der Waals surface area contributed by atoms with E-state index in [1.807, 2.05) is 6.20 Å². The Labute approximate surface area is 113 Å². The zero-order chi connectivity index (χ0) is 13.3. The van der Waals surface area contributed by atoms with Gasteiger partial charge in [0.15, 0.2) is 0 Å². The minimum Gasteiger partial charge on any atom is -0.382 e. The molecule has 0 aliphatic heterocycles. The summed E-state index contributed by atoms with van der Waals surface area (Å²) in [5.74, 6) is 0.267. The van der Waals surface area contributed by atoms with Gasteiger partial charge in [-0.05, 0) is 44.1 Å². The number of carbonyl (C=O) groups is 1. The van der Waals surface area contributed by atoms with Crippen LogP contribution in [0.1, 0.15) is 36.9 Å². The van der Waals surface area contributed by atoms with Crippen molar-refractivity contribution in [1.29, 1.82) is 0 Å². The fourth-order valence-electron chi connectivity index (χ4n) is 3.19. The fraction of sp³-hybridized carbons (Fsp3) is 0.714. The number of ether oxygens (including phenoxy) is 1. The second-order valence-corrected chi connectivity index (χ2v) is 5.87. The molecule has 0 radical (unpaired) electrons. The van der Waals surface area contributed by atoms with Gasteiger partial charge in [-0.3, -0.25) is 9.89 Å². The summed E-state index contributed by atoms with van der Waals surface area (Å²) < 4.78 is 5.25. The molecule has 0 bridgehead atoms. The molecule has 1 heterocycles. The van der Waals surface area contributed by atoms with Crippen LogP contribution in [0, 0.1) is 5.92 Å². The number of hydrogen-bond donors (Lipinski definition) is 2. The van der Waals surface area contributed by atoms with Gasteiger partial charge in [-0.2, -0.15) is 5.10 Å². The Morgan fingerprint density at radius 2 is 2.47 bits per heavy atom. The standard InChI is InChI=1S/C14H21N3O2/c1-19-9-14(5-2-6-14)16-13(18)10-3-4-12-11(7-10)8-15-17-12/h8,10H,2-7,9H2,1H3,(H,15,17)(H,16,18). The monoisotopic (exact) mass is 263 g/mol. The molecule has 1 amide bonds. The Hall–Kier alpha value is -1.36. The average molecular weight is 263 g/mol. The lowest BCUT2D eigenvalue weighted by Gasteiger charge is -2.43. The SMILES string of the molecule is COCC1(NC(=O)C2CCc3[nH]ncc3C2)CCC1. The smallest absolute Gasteiger partial charge is 0.223 e. The normalized spacial score (nSPS) is 24.4. The molecule has 19 heavy (non-hydrogen) atoms. The first-order valence-corrected chi connectivity index (χ1v) is 7.04. The maximum absolute atomic E-state index is 12.4. The number of fused-ring (bicyclic) bond motifs is 1. The van der Waals surface area contributed by atoms with Crippen molar-refractivity contribution in [2.24, 2.45) is 5.92 Å². The molecule has 5 nitrogen and oxygen atoms in total. The van der Waals surface area contributed by atoms with Gasteiger partial charge in [0.05, 0.1) is 18.3 Å². The second kappa shape index (κ2) is 4.96. The summed E-state index contributed by atoms with van der Waals surface area (Å²) in [4.78, 5) is 12.4. The molecule has 3 rings (SSSR count).